The quantitative estimate of drug-likeness (QED) is 0.927. The lowest BCUT2D eigenvalue weighted by molar-refractivity contribution is 0.0719. The largest absolute Gasteiger partial charge is 0.380 e. The van der Waals surface area contributed by atoms with Gasteiger partial charge >= 0.3 is 0 Å². The van der Waals surface area contributed by atoms with Crippen LogP contribution in [0.1, 0.15) is 41.1 Å². The second kappa shape index (κ2) is 6.93. The molecule has 1 aromatic carbocycles. The second-order valence-corrected chi connectivity index (χ2v) is 6.28. The number of carbonyl (C=O) groups excluding carboxylic acids is 1. The molecule has 0 aromatic heterocycles. The number of likely N-dealkylation sites (tertiary alicyclic amines) is 1. The minimum atomic E-state index is -0.634. The first-order chi connectivity index (χ1) is 11.1. The fourth-order valence-electron chi connectivity index (χ4n) is 3.45. The van der Waals surface area contributed by atoms with E-state index in [0.717, 1.165) is 38.4 Å². The van der Waals surface area contributed by atoms with Gasteiger partial charge in [0, 0.05) is 20.2 Å². The molecule has 23 heavy (non-hydrogen) atoms. The Morgan fingerprint density at radius 3 is 2.61 bits per heavy atom. The maximum absolute atomic E-state index is 14.4. The Kier molecular flexibility index (Phi) is 4.92. The van der Waals surface area contributed by atoms with E-state index >= 15 is 0 Å². The molecule has 0 spiro atoms. The molecule has 4 nitrogen and oxygen atoms in total. The Hall–Kier alpha value is -1.53. The first kappa shape index (κ1) is 16.3. The molecule has 1 atom stereocenters. The standard InChI is InChI=1S/C17H22F2N2O2/c1-23-12-4-7-21(10-12)17(22)14-9-15(18)13(8-16(14)19)11-2-5-20-6-3-11/h8-9,11-12,20H,2-7,10H2,1H3. The molecule has 6 heteroatoms. The number of hydrogen-bond acceptors (Lipinski definition) is 3. The third-order valence-corrected chi connectivity index (χ3v) is 4.86. The summed E-state index contributed by atoms with van der Waals surface area (Å²) in [5, 5.41) is 3.21. The zero-order valence-corrected chi connectivity index (χ0v) is 13.3. The Morgan fingerprint density at radius 2 is 1.96 bits per heavy atom. The van der Waals surface area contributed by atoms with E-state index in [4.69, 9.17) is 4.74 Å². The van der Waals surface area contributed by atoms with Gasteiger partial charge < -0.3 is 15.0 Å². The summed E-state index contributed by atoms with van der Waals surface area (Å²) in [5.74, 6) is -1.56. The zero-order chi connectivity index (χ0) is 16.4. The van der Waals surface area contributed by atoms with E-state index in [0.29, 0.717) is 18.7 Å². The summed E-state index contributed by atoms with van der Waals surface area (Å²) < 4.78 is 34.0. The summed E-state index contributed by atoms with van der Waals surface area (Å²) in [4.78, 5) is 13.9. The van der Waals surface area contributed by atoms with Crippen molar-refractivity contribution in [2.24, 2.45) is 0 Å². The van der Waals surface area contributed by atoms with Crippen LogP contribution in [0.3, 0.4) is 0 Å². The fourth-order valence-corrected chi connectivity index (χ4v) is 3.45. The lowest BCUT2D eigenvalue weighted by Gasteiger charge is -2.24. The third kappa shape index (κ3) is 3.38. The molecule has 2 heterocycles. The van der Waals surface area contributed by atoms with Crippen LogP contribution < -0.4 is 5.32 Å². The smallest absolute Gasteiger partial charge is 0.257 e. The van der Waals surface area contributed by atoms with E-state index in [1.54, 1.807) is 7.11 Å². The average Bonchev–Trinajstić information content (AvgIpc) is 3.06. The number of methoxy groups -OCH3 is 1. The first-order valence-electron chi connectivity index (χ1n) is 8.12. The highest BCUT2D eigenvalue weighted by molar-refractivity contribution is 5.94. The van der Waals surface area contributed by atoms with Gasteiger partial charge in [0.15, 0.2) is 0 Å². The summed E-state index contributed by atoms with van der Waals surface area (Å²) in [5.41, 5.74) is 0.202. The van der Waals surface area contributed by atoms with Gasteiger partial charge in [-0.3, -0.25) is 4.79 Å². The molecule has 2 saturated heterocycles. The van der Waals surface area contributed by atoms with Gasteiger partial charge in [0.05, 0.1) is 11.7 Å². The van der Waals surface area contributed by atoms with E-state index in [1.165, 1.54) is 11.0 Å². The Morgan fingerprint density at radius 1 is 1.22 bits per heavy atom. The lowest BCUT2D eigenvalue weighted by atomic mass is 9.89. The van der Waals surface area contributed by atoms with Crippen LogP contribution in [0, 0.1) is 11.6 Å². The van der Waals surface area contributed by atoms with Crippen molar-refractivity contribution < 1.29 is 18.3 Å². The summed E-state index contributed by atoms with van der Waals surface area (Å²) in [6, 6.07) is 2.28. The van der Waals surface area contributed by atoms with E-state index in [1.807, 2.05) is 0 Å². The highest BCUT2D eigenvalue weighted by Crippen LogP contribution is 2.30. The second-order valence-electron chi connectivity index (χ2n) is 6.28. The summed E-state index contributed by atoms with van der Waals surface area (Å²) in [6.07, 6.45) is 2.26. The Balaban J connectivity index is 1.80. The number of hydrogen-bond donors (Lipinski definition) is 1. The number of halogens is 2. The Bertz CT molecular complexity index is 588. The molecular weight excluding hydrogens is 302 g/mol. The number of ether oxygens (including phenoxy) is 1. The van der Waals surface area contributed by atoms with Crippen LogP contribution in [0.4, 0.5) is 8.78 Å². The molecule has 1 unspecified atom stereocenters. The number of piperidine rings is 1. The van der Waals surface area contributed by atoms with Gasteiger partial charge in [-0.25, -0.2) is 8.78 Å². The maximum Gasteiger partial charge on any atom is 0.257 e. The number of benzene rings is 1. The number of rotatable bonds is 3. The van der Waals surface area contributed by atoms with Gasteiger partial charge in [0.25, 0.3) is 5.91 Å². The van der Waals surface area contributed by atoms with Crippen molar-refractivity contribution in [3.05, 3.63) is 34.9 Å². The van der Waals surface area contributed by atoms with E-state index < -0.39 is 17.5 Å². The van der Waals surface area contributed by atoms with Crippen LogP contribution in [0.5, 0.6) is 0 Å². The minimum Gasteiger partial charge on any atom is -0.380 e. The van der Waals surface area contributed by atoms with Gasteiger partial charge in [-0.15, -0.1) is 0 Å². The summed E-state index contributed by atoms with van der Waals surface area (Å²) in [7, 11) is 1.59. The molecule has 1 amide bonds. The molecule has 2 aliphatic rings. The predicted molar refractivity (Wildman–Crippen MR) is 82.5 cm³/mol. The first-order valence-corrected chi connectivity index (χ1v) is 8.12. The molecule has 126 valence electrons. The van der Waals surface area contributed by atoms with Crippen molar-refractivity contribution in [3.63, 3.8) is 0 Å². The van der Waals surface area contributed by atoms with Crippen molar-refractivity contribution >= 4 is 5.91 Å². The van der Waals surface area contributed by atoms with Crippen molar-refractivity contribution in [1.29, 1.82) is 0 Å². The molecule has 2 aliphatic heterocycles. The predicted octanol–water partition coefficient (Wildman–Crippen LogP) is 2.29. The molecule has 1 aromatic rings. The lowest BCUT2D eigenvalue weighted by Crippen LogP contribution is -2.31. The van der Waals surface area contributed by atoms with Gasteiger partial charge in [-0.1, -0.05) is 0 Å². The van der Waals surface area contributed by atoms with Gasteiger partial charge in [-0.2, -0.15) is 0 Å². The number of nitrogens with zero attached hydrogens (tertiary/aromatic N) is 1. The van der Waals surface area contributed by atoms with Crippen LogP contribution >= 0.6 is 0 Å². The van der Waals surface area contributed by atoms with Gasteiger partial charge in [0.1, 0.15) is 11.6 Å². The maximum atomic E-state index is 14.4. The van der Waals surface area contributed by atoms with Crippen LogP contribution in [-0.4, -0.2) is 50.2 Å². The summed E-state index contributed by atoms with van der Waals surface area (Å²) in [6.45, 7) is 2.54. The number of nitrogens with one attached hydrogen (secondary N) is 1. The molecule has 3 rings (SSSR count). The molecule has 0 radical (unpaired) electrons. The summed E-state index contributed by atoms with van der Waals surface area (Å²) >= 11 is 0. The normalized spacial score (nSPS) is 22.6. The number of amides is 1. The third-order valence-electron chi connectivity index (χ3n) is 4.86. The van der Waals surface area contributed by atoms with Crippen LogP contribution in [0.15, 0.2) is 12.1 Å². The van der Waals surface area contributed by atoms with E-state index in [9.17, 15) is 13.6 Å². The minimum absolute atomic E-state index is 0.0135. The SMILES string of the molecule is COC1CCN(C(=O)c2cc(F)c(C3CCNCC3)cc2F)C1. The van der Waals surface area contributed by atoms with Crippen molar-refractivity contribution in [1.82, 2.24) is 10.2 Å². The fraction of sp³-hybridized carbons (Fsp3) is 0.588. The van der Waals surface area contributed by atoms with E-state index in [-0.39, 0.29) is 17.6 Å². The Labute approximate surface area is 134 Å². The molecule has 0 aliphatic carbocycles. The monoisotopic (exact) mass is 324 g/mol. The molecule has 2 fully saturated rings. The van der Waals surface area contributed by atoms with Crippen molar-refractivity contribution in [2.45, 2.75) is 31.3 Å². The molecular formula is C17H22F2N2O2. The van der Waals surface area contributed by atoms with Crippen molar-refractivity contribution in [3.8, 4) is 0 Å². The zero-order valence-electron chi connectivity index (χ0n) is 13.3. The highest BCUT2D eigenvalue weighted by Gasteiger charge is 2.30. The molecule has 0 saturated carbocycles. The van der Waals surface area contributed by atoms with Gasteiger partial charge in [0.2, 0.25) is 0 Å². The van der Waals surface area contributed by atoms with Crippen LogP contribution in [0.2, 0.25) is 0 Å². The van der Waals surface area contributed by atoms with Crippen LogP contribution in [-0.2, 0) is 4.74 Å². The molecule has 0 bridgehead atoms. The topological polar surface area (TPSA) is 41.6 Å². The van der Waals surface area contributed by atoms with E-state index in [2.05, 4.69) is 5.32 Å². The molecule has 1 N–H and O–H groups in total. The number of carbonyl (C=O) groups is 1. The average molecular weight is 324 g/mol. The van der Waals surface area contributed by atoms with Gasteiger partial charge in [-0.05, 0) is 56.0 Å². The van der Waals surface area contributed by atoms with Crippen LogP contribution in [0.25, 0.3) is 0 Å². The highest BCUT2D eigenvalue weighted by atomic mass is 19.1. The van der Waals surface area contributed by atoms with Crippen molar-refractivity contribution in [2.75, 3.05) is 33.3 Å².